The molecule has 0 aliphatic carbocycles. The van der Waals surface area contributed by atoms with E-state index in [0.717, 1.165) is 19.6 Å². The highest BCUT2D eigenvalue weighted by atomic mass is 79.9. The van der Waals surface area contributed by atoms with E-state index in [4.69, 9.17) is 0 Å². The number of nitrogens with zero attached hydrogens (tertiary/aromatic N) is 2. The summed E-state index contributed by atoms with van der Waals surface area (Å²) in [4.78, 5) is 16.8. The monoisotopic (exact) mass is 390 g/mol. The Morgan fingerprint density at radius 2 is 1.83 bits per heavy atom. The SMILES string of the molecule is Cc1ccccc1CN1CCN(C(=O)c2cc(F)ccc2Br)CC1. The van der Waals surface area contributed by atoms with Crippen LogP contribution in [0.5, 0.6) is 0 Å². The van der Waals surface area contributed by atoms with E-state index in [-0.39, 0.29) is 11.7 Å². The normalized spacial score (nSPS) is 15.5. The molecule has 1 fully saturated rings. The Hall–Kier alpha value is -1.72. The molecule has 0 radical (unpaired) electrons. The molecule has 0 spiro atoms. The Bertz CT molecular complexity index is 742. The van der Waals surface area contributed by atoms with Gasteiger partial charge in [-0.3, -0.25) is 9.69 Å². The topological polar surface area (TPSA) is 23.6 Å². The number of carbonyl (C=O) groups is 1. The Morgan fingerprint density at radius 1 is 1.12 bits per heavy atom. The molecule has 1 amide bonds. The van der Waals surface area contributed by atoms with Crippen LogP contribution < -0.4 is 0 Å². The minimum Gasteiger partial charge on any atom is -0.336 e. The molecule has 2 aromatic carbocycles. The predicted molar refractivity (Wildman–Crippen MR) is 96.5 cm³/mol. The summed E-state index contributed by atoms with van der Waals surface area (Å²) in [7, 11) is 0. The van der Waals surface area contributed by atoms with Crippen LogP contribution in [0.15, 0.2) is 46.9 Å². The van der Waals surface area contributed by atoms with Gasteiger partial charge in [0, 0.05) is 37.2 Å². The second-order valence-electron chi connectivity index (χ2n) is 6.12. The van der Waals surface area contributed by atoms with E-state index < -0.39 is 0 Å². The molecule has 5 heteroatoms. The Balaban J connectivity index is 1.61. The lowest BCUT2D eigenvalue weighted by Gasteiger charge is -2.35. The first-order valence-electron chi connectivity index (χ1n) is 8.06. The molecule has 1 heterocycles. The lowest BCUT2D eigenvalue weighted by molar-refractivity contribution is 0.0627. The van der Waals surface area contributed by atoms with Gasteiger partial charge in [0.1, 0.15) is 5.82 Å². The third-order valence-corrected chi connectivity index (χ3v) is 5.17. The molecule has 0 N–H and O–H groups in total. The summed E-state index contributed by atoms with van der Waals surface area (Å²) in [5.74, 6) is -0.503. The molecular formula is C19H20BrFN2O. The molecule has 1 saturated heterocycles. The van der Waals surface area contributed by atoms with Crippen molar-refractivity contribution in [2.75, 3.05) is 26.2 Å². The molecule has 1 aliphatic rings. The minimum atomic E-state index is -0.389. The summed E-state index contributed by atoms with van der Waals surface area (Å²) >= 11 is 3.34. The zero-order chi connectivity index (χ0) is 17.1. The van der Waals surface area contributed by atoms with E-state index in [9.17, 15) is 9.18 Å². The highest BCUT2D eigenvalue weighted by Crippen LogP contribution is 2.21. The van der Waals surface area contributed by atoms with Gasteiger partial charge in [-0.2, -0.15) is 0 Å². The fourth-order valence-corrected chi connectivity index (χ4v) is 3.39. The number of aryl methyl sites for hydroxylation is 1. The summed E-state index contributed by atoms with van der Waals surface area (Å²) in [5.41, 5.74) is 3.01. The minimum absolute atomic E-state index is 0.114. The fraction of sp³-hybridized carbons (Fsp3) is 0.316. The van der Waals surface area contributed by atoms with Crippen LogP contribution in [0.2, 0.25) is 0 Å². The van der Waals surface area contributed by atoms with Crippen LogP contribution in [-0.4, -0.2) is 41.9 Å². The summed E-state index contributed by atoms with van der Waals surface area (Å²) in [5, 5.41) is 0. The van der Waals surface area contributed by atoms with E-state index >= 15 is 0 Å². The molecule has 24 heavy (non-hydrogen) atoms. The van der Waals surface area contributed by atoms with Crippen LogP contribution in [0.4, 0.5) is 4.39 Å². The number of rotatable bonds is 3. The fourth-order valence-electron chi connectivity index (χ4n) is 2.97. The zero-order valence-electron chi connectivity index (χ0n) is 13.6. The van der Waals surface area contributed by atoms with Crippen molar-refractivity contribution in [2.24, 2.45) is 0 Å². The third kappa shape index (κ3) is 3.84. The van der Waals surface area contributed by atoms with Crippen LogP contribution in [0, 0.1) is 12.7 Å². The Labute approximate surface area is 150 Å². The molecule has 0 bridgehead atoms. The molecule has 0 unspecified atom stereocenters. The molecule has 126 valence electrons. The molecule has 3 rings (SSSR count). The first-order chi connectivity index (χ1) is 11.5. The van der Waals surface area contributed by atoms with Crippen LogP contribution in [0.3, 0.4) is 0 Å². The third-order valence-electron chi connectivity index (χ3n) is 4.47. The van der Waals surface area contributed by atoms with Crippen molar-refractivity contribution >= 4 is 21.8 Å². The number of piperazine rings is 1. The summed E-state index contributed by atoms with van der Waals surface area (Å²) < 4.78 is 14.1. The lowest BCUT2D eigenvalue weighted by Crippen LogP contribution is -2.48. The maximum atomic E-state index is 13.4. The van der Waals surface area contributed by atoms with Gasteiger partial charge in [-0.25, -0.2) is 4.39 Å². The average Bonchev–Trinajstić information content (AvgIpc) is 2.59. The van der Waals surface area contributed by atoms with Gasteiger partial charge in [0.25, 0.3) is 5.91 Å². The maximum absolute atomic E-state index is 13.4. The van der Waals surface area contributed by atoms with Crippen LogP contribution >= 0.6 is 15.9 Å². The van der Waals surface area contributed by atoms with Crippen molar-refractivity contribution in [3.8, 4) is 0 Å². The summed E-state index contributed by atoms with van der Waals surface area (Å²) in [6, 6.07) is 12.6. The zero-order valence-corrected chi connectivity index (χ0v) is 15.2. The maximum Gasteiger partial charge on any atom is 0.255 e. The predicted octanol–water partition coefficient (Wildman–Crippen LogP) is 3.85. The van der Waals surface area contributed by atoms with Gasteiger partial charge in [-0.15, -0.1) is 0 Å². The summed E-state index contributed by atoms with van der Waals surface area (Å²) in [6.45, 7) is 6.00. The second kappa shape index (κ2) is 7.45. The van der Waals surface area contributed by atoms with Crippen LogP contribution in [-0.2, 0) is 6.54 Å². The number of amides is 1. The van der Waals surface area contributed by atoms with Gasteiger partial charge in [0.15, 0.2) is 0 Å². The summed E-state index contributed by atoms with van der Waals surface area (Å²) in [6.07, 6.45) is 0. The van der Waals surface area contributed by atoms with Crippen molar-refractivity contribution in [2.45, 2.75) is 13.5 Å². The molecule has 3 nitrogen and oxygen atoms in total. The van der Waals surface area contributed by atoms with E-state index in [1.807, 2.05) is 6.07 Å². The second-order valence-corrected chi connectivity index (χ2v) is 6.97. The molecule has 1 aliphatic heterocycles. The molecule has 0 atom stereocenters. The van der Waals surface area contributed by atoms with Crippen molar-refractivity contribution in [1.29, 1.82) is 0 Å². The van der Waals surface area contributed by atoms with E-state index in [0.29, 0.717) is 23.1 Å². The Kier molecular flexibility index (Phi) is 5.31. The first kappa shape index (κ1) is 17.1. The van der Waals surface area contributed by atoms with Crippen molar-refractivity contribution < 1.29 is 9.18 Å². The van der Waals surface area contributed by atoms with Crippen LogP contribution in [0.25, 0.3) is 0 Å². The Morgan fingerprint density at radius 3 is 2.54 bits per heavy atom. The number of benzene rings is 2. The number of hydrogen-bond acceptors (Lipinski definition) is 2. The standard InChI is InChI=1S/C19H20BrFN2O/c1-14-4-2-3-5-15(14)13-22-8-10-23(11-9-22)19(24)17-12-16(21)6-7-18(17)20/h2-7,12H,8-11,13H2,1H3. The van der Waals surface area contributed by atoms with E-state index in [2.05, 4.69) is 46.0 Å². The number of halogens is 2. The van der Waals surface area contributed by atoms with Gasteiger partial charge in [-0.1, -0.05) is 24.3 Å². The quantitative estimate of drug-likeness (QED) is 0.794. The first-order valence-corrected chi connectivity index (χ1v) is 8.85. The van der Waals surface area contributed by atoms with Crippen molar-refractivity contribution in [3.05, 3.63) is 69.4 Å². The molecule has 2 aromatic rings. The van der Waals surface area contributed by atoms with Crippen molar-refractivity contribution in [1.82, 2.24) is 9.80 Å². The smallest absolute Gasteiger partial charge is 0.255 e. The van der Waals surface area contributed by atoms with Gasteiger partial charge in [0.2, 0.25) is 0 Å². The van der Waals surface area contributed by atoms with Gasteiger partial charge >= 0.3 is 0 Å². The highest BCUT2D eigenvalue weighted by Gasteiger charge is 2.24. The van der Waals surface area contributed by atoms with Gasteiger partial charge < -0.3 is 4.90 Å². The highest BCUT2D eigenvalue weighted by molar-refractivity contribution is 9.10. The van der Waals surface area contributed by atoms with Gasteiger partial charge in [-0.05, 0) is 52.2 Å². The largest absolute Gasteiger partial charge is 0.336 e. The van der Waals surface area contributed by atoms with Gasteiger partial charge in [0.05, 0.1) is 5.56 Å². The van der Waals surface area contributed by atoms with Crippen molar-refractivity contribution in [3.63, 3.8) is 0 Å². The molecular weight excluding hydrogens is 371 g/mol. The number of carbonyl (C=O) groups excluding carboxylic acids is 1. The lowest BCUT2D eigenvalue weighted by atomic mass is 10.1. The average molecular weight is 391 g/mol. The van der Waals surface area contributed by atoms with Crippen LogP contribution in [0.1, 0.15) is 21.5 Å². The molecule has 0 aromatic heterocycles. The number of hydrogen-bond donors (Lipinski definition) is 0. The molecule has 0 saturated carbocycles. The van der Waals surface area contributed by atoms with E-state index in [1.54, 1.807) is 11.0 Å². The van der Waals surface area contributed by atoms with E-state index in [1.165, 1.54) is 23.3 Å².